The molecule has 1 N–H and O–H groups in total. The fraction of sp³-hybridized carbons (Fsp3) is 0.857. The van der Waals surface area contributed by atoms with Crippen molar-refractivity contribution in [2.45, 2.75) is 52.5 Å². The molecule has 5 nitrogen and oxygen atoms in total. The summed E-state index contributed by atoms with van der Waals surface area (Å²) in [6.45, 7) is 7.23. The van der Waals surface area contributed by atoms with Crippen LogP contribution in [0.25, 0.3) is 0 Å². The average Bonchev–Trinajstić information content (AvgIpc) is 2.45. The van der Waals surface area contributed by atoms with Gasteiger partial charge in [-0.25, -0.2) is 0 Å². The highest BCUT2D eigenvalue weighted by atomic mass is 16.2. The van der Waals surface area contributed by atoms with E-state index >= 15 is 0 Å². The molecule has 0 aromatic rings. The zero-order valence-corrected chi connectivity index (χ0v) is 12.7. The lowest BCUT2D eigenvalue weighted by Crippen LogP contribution is -2.49. The normalized spacial score (nSPS) is 18.4. The molecule has 0 spiro atoms. The third-order valence-corrected chi connectivity index (χ3v) is 3.31. The van der Waals surface area contributed by atoms with Crippen LogP contribution in [-0.2, 0) is 9.59 Å². The van der Waals surface area contributed by atoms with Crippen LogP contribution in [0.2, 0.25) is 0 Å². The number of amides is 2. The summed E-state index contributed by atoms with van der Waals surface area (Å²) >= 11 is 0. The summed E-state index contributed by atoms with van der Waals surface area (Å²) in [5.74, 6) is 0.266. The highest BCUT2D eigenvalue weighted by Gasteiger charge is 2.26. The molecule has 0 aromatic heterocycles. The largest absolute Gasteiger partial charge is 0.396 e. The van der Waals surface area contributed by atoms with Gasteiger partial charge in [-0.3, -0.25) is 9.59 Å². The van der Waals surface area contributed by atoms with Crippen molar-refractivity contribution in [3.63, 3.8) is 0 Å². The number of hydrogen-bond donors (Lipinski definition) is 1. The van der Waals surface area contributed by atoms with Gasteiger partial charge in [-0.05, 0) is 19.3 Å². The van der Waals surface area contributed by atoms with Gasteiger partial charge in [-0.1, -0.05) is 13.8 Å². The van der Waals surface area contributed by atoms with E-state index in [1.165, 1.54) is 0 Å². The number of hydrogen-bond acceptors (Lipinski definition) is 3. The third-order valence-electron chi connectivity index (χ3n) is 3.31. The standard InChI is InChI=1S/C11H20N2O2.C3H8O/c1-4-11(15)12(3)10-6-5-7-13(8-10)9(2)14;1-2-3-4/h10H,4-8H2,1-3H3;4H,2-3H2,1H3. The molecule has 0 bridgehead atoms. The van der Waals surface area contributed by atoms with Crippen molar-refractivity contribution in [2.75, 3.05) is 26.7 Å². The van der Waals surface area contributed by atoms with Crippen molar-refractivity contribution in [1.82, 2.24) is 9.80 Å². The number of likely N-dealkylation sites (N-methyl/N-ethyl adjacent to an activating group) is 1. The Kier molecular flexibility index (Phi) is 9.21. The topological polar surface area (TPSA) is 60.9 Å². The van der Waals surface area contributed by atoms with E-state index in [1.54, 1.807) is 11.8 Å². The van der Waals surface area contributed by atoms with Gasteiger partial charge in [-0.15, -0.1) is 0 Å². The summed E-state index contributed by atoms with van der Waals surface area (Å²) in [5, 5.41) is 7.88. The Balaban J connectivity index is 0.000000711. The van der Waals surface area contributed by atoms with Crippen LogP contribution in [0.1, 0.15) is 46.5 Å². The first-order valence-electron chi connectivity index (χ1n) is 7.09. The first-order valence-corrected chi connectivity index (χ1v) is 7.09. The second kappa shape index (κ2) is 9.78. The van der Waals surface area contributed by atoms with Crippen LogP contribution in [0.15, 0.2) is 0 Å². The van der Waals surface area contributed by atoms with E-state index in [9.17, 15) is 9.59 Å². The van der Waals surface area contributed by atoms with E-state index in [0.717, 1.165) is 25.8 Å². The Labute approximate surface area is 116 Å². The first-order chi connectivity index (χ1) is 8.97. The van der Waals surface area contributed by atoms with Crippen LogP contribution < -0.4 is 0 Å². The van der Waals surface area contributed by atoms with Gasteiger partial charge in [0.2, 0.25) is 11.8 Å². The van der Waals surface area contributed by atoms with Crippen molar-refractivity contribution in [2.24, 2.45) is 0 Å². The average molecular weight is 272 g/mol. The van der Waals surface area contributed by atoms with Gasteiger partial charge in [0.15, 0.2) is 0 Å². The summed E-state index contributed by atoms with van der Waals surface area (Å²) in [5.41, 5.74) is 0. The molecule has 0 saturated carbocycles. The zero-order valence-electron chi connectivity index (χ0n) is 12.7. The first kappa shape index (κ1) is 17.9. The Bertz CT molecular complexity index is 280. The van der Waals surface area contributed by atoms with E-state index in [0.29, 0.717) is 19.6 Å². The zero-order chi connectivity index (χ0) is 14.8. The molecule has 1 atom stereocenters. The minimum absolute atomic E-state index is 0.108. The molecule has 0 aromatic carbocycles. The fourth-order valence-corrected chi connectivity index (χ4v) is 2.01. The summed E-state index contributed by atoms with van der Waals surface area (Å²) in [6.07, 6.45) is 3.41. The van der Waals surface area contributed by atoms with E-state index in [4.69, 9.17) is 5.11 Å². The number of carbonyl (C=O) groups is 2. The molecule has 1 saturated heterocycles. The predicted molar refractivity (Wildman–Crippen MR) is 75.7 cm³/mol. The minimum Gasteiger partial charge on any atom is -0.396 e. The molecule has 0 aliphatic carbocycles. The molecule has 112 valence electrons. The smallest absolute Gasteiger partial charge is 0.222 e. The molecular weight excluding hydrogens is 244 g/mol. The molecule has 1 unspecified atom stereocenters. The quantitative estimate of drug-likeness (QED) is 0.841. The van der Waals surface area contributed by atoms with Crippen LogP contribution >= 0.6 is 0 Å². The molecule has 1 heterocycles. The molecule has 1 aliphatic heterocycles. The summed E-state index contributed by atoms with van der Waals surface area (Å²) < 4.78 is 0. The second-order valence-electron chi connectivity index (χ2n) is 4.84. The Hall–Kier alpha value is -1.10. The van der Waals surface area contributed by atoms with Gasteiger partial charge in [0.25, 0.3) is 0 Å². The van der Waals surface area contributed by atoms with Crippen LogP contribution in [0.3, 0.4) is 0 Å². The van der Waals surface area contributed by atoms with Crippen molar-refractivity contribution in [3.05, 3.63) is 0 Å². The molecule has 0 radical (unpaired) electrons. The number of aliphatic hydroxyl groups excluding tert-OH is 1. The SMILES string of the molecule is CCC(=O)N(C)C1CCCN(C(C)=O)C1.CCCO. The fourth-order valence-electron chi connectivity index (χ4n) is 2.01. The molecule has 2 amide bonds. The van der Waals surface area contributed by atoms with E-state index in [-0.39, 0.29) is 17.9 Å². The summed E-state index contributed by atoms with van der Waals surface area (Å²) in [4.78, 5) is 26.4. The van der Waals surface area contributed by atoms with E-state index in [1.807, 2.05) is 25.8 Å². The van der Waals surface area contributed by atoms with Crippen molar-refractivity contribution in [1.29, 1.82) is 0 Å². The molecule has 1 rings (SSSR count). The number of likely N-dealkylation sites (tertiary alicyclic amines) is 1. The summed E-state index contributed by atoms with van der Waals surface area (Å²) in [6, 6.07) is 0.204. The lowest BCUT2D eigenvalue weighted by Gasteiger charge is -2.37. The van der Waals surface area contributed by atoms with Gasteiger partial charge in [0.05, 0.1) is 0 Å². The maximum atomic E-state index is 11.5. The Morgan fingerprint density at radius 3 is 2.37 bits per heavy atom. The number of aliphatic hydroxyl groups is 1. The molecule has 19 heavy (non-hydrogen) atoms. The van der Waals surface area contributed by atoms with Crippen LogP contribution in [0.4, 0.5) is 0 Å². The van der Waals surface area contributed by atoms with Crippen LogP contribution in [0.5, 0.6) is 0 Å². The minimum atomic E-state index is 0.108. The molecular formula is C14H28N2O3. The Morgan fingerprint density at radius 2 is 1.95 bits per heavy atom. The van der Waals surface area contributed by atoms with Crippen LogP contribution in [-0.4, -0.2) is 59.5 Å². The number of rotatable bonds is 3. The highest BCUT2D eigenvalue weighted by molar-refractivity contribution is 5.76. The Morgan fingerprint density at radius 1 is 1.37 bits per heavy atom. The second-order valence-corrected chi connectivity index (χ2v) is 4.84. The lowest BCUT2D eigenvalue weighted by molar-refractivity contribution is -0.137. The third kappa shape index (κ3) is 6.57. The highest BCUT2D eigenvalue weighted by Crippen LogP contribution is 2.15. The predicted octanol–water partition coefficient (Wildman–Crippen LogP) is 1.25. The molecule has 1 aliphatic rings. The molecule has 1 fully saturated rings. The monoisotopic (exact) mass is 272 g/mol. The number of nitrogens with zero attached hydrogens (tertiary/aromatic N) is 2. The van der Waals surface area contributed by atoms with Gasteiger partial charge < -0.3 is 14.9 Å². The van der Waals surface area contributed by atoms with E-state index < -0.39 is 0 Å². The van der Waals surface area contributed by atoms with Gasteiger partial charge in [0, 0.05) is 46.1 Å². The number of carbonyl (C=O) groups excluding carboxylic acids is 2. The van der Waals surface area contributed by atoms with Gasteiger partial charge in [0.1, 0.15) is 0 Å². The van der Waals surface area contributed by atoms with Gasteiger partial charge in [-0.2, -0.15) is 0 Å². The van der Waals surface area contributed by atoms with Crippen LogP contribution in [0, 0.1) is 0 Å². The maximum Gasteiger partial charge on any atom is 0.222 e. The van der Waals surface area contributed by atoms with Gasteiger partial charge >= 0.3 is 0 Å². The van der Waals surface area contributed by atoms with Crippen molar-refractivity contribution >= 4 is 11.8 Å². The summed E-state index contributed by atoms with van der Waals surface area (Å²) in [7, 11) is 1.83. The van der Waals surface area contributed by atoms with Crippen molar-refractivity contribution in [3.8, 4) is 0 Å². The molecule has 5 heteroatoms. The maximum absolute atomic E-state index is 11.5. The van der Waals surface area contributed by atoms with E-state index in [2.05, 4.69) is 0 Å². The number of piperidine rings is 1. The lowest BCUT2D eigenvalue weighted by atomic mass is 10.0. The van der Waals surface area contributed by atoms with Crippen molar-refractivity contribution < 1.29 is 14.7 Å².